The highest BCUT2D eigenvalue weighted by Crippen LogP contribution is 2.31. The third-order valence-electron chi connectivity index (χ3n) is 3.86. The molecular weight excluding hydrogens is 238 g/mol. The van der Waals surface area contributed by atoms with Crippen molar-refractivity contribution in [2.24, 2.45) is 5.92 Å². The second-order valence-electron chi connectivity index (χ2n) is 5.20. The van der Waals surface area contributed by atoms with Gasteiger partial charge in [-0.3, -0.25) is 0 Å². The Hall–Kier alpha value is -1.75. The summed E-state index contributed by atoms with van der Waals surface area (Å²) < 4.78 is 0. The summed E-state index contributed by atoms with van der Waals surface area (Å²) in [7, 11) is 0. The average molecular weight is 257 g/mol. The van der Waals surface area contributed by atoms with E-state index in [2.05, 4.69) is 51.9 Å². The number of hydrogen-bond acceptors (Lipinski definition) is 4. The first-order chi connectivity index (χ1) is 9.34. The fraction of sp³-hybridized carbons (Fsp3) is 0.500. The van der Waals surface area contributed by atoms with Gasteiger partial charge in [0.05, 0.1) is 0 Å². The first kappa shape index (κ1) is 12.3. The maximum Gasteiger partial charge on any atom is 0.162 e. The van der Waals surface area contributed by atoms with Crippen LogP contribution in [0.1, 0.15) is 30.0 Å². The van der Waals surface area contributed by atoms with Gasteiger partial charge in [0.25, 0.3) is 0 Å². The summed E-state index contributed by atoms with van der Waals surface area (Å²) in [4.78, 5) is 1.76. The highest BCUT2D eigenvalue weighted by atomic mass is 15.6. The van der Waals surface area contributed by atoms with Gasteiger partial charge in [-0.05, 0) is 49.5 Å². The fourth-order valence-electron chi connectivity index (χ4n) is 2.82. The third kappa shape index (κ3) is 2.66. The smallest absolute Gasteiger partial charge is 0.162 e. The van der Waals surface area contributed by atoms with Gasteiger partial charge < -0.3 is 5.32 Å². The Morgan fingerprint density at radius 1 is 1.21 bits per heavy atom. The van der Waals surface area contributed by atoms with Crippen molar-refractivity contribution in [3.63, 3.8) is 0 Å². The SMILES string of the molecule is Cc1ccc([C@H](C2CCNCC2)n2ncnn2)cc1. The Morgan fingerprint density at radius 2 is 1.95 bits per heavy atom. The fourth-order valence-corrected chi connectivity index (χ4v) is 2.82. The van der Waals surface area contributed by atoms with Crippen LogP contribution >= 0.6 is 0 Å². The van der Waals surface area contributed by atoms with E-state index in [9.17, 15) is 0 Å². The van der Waals surface area contributed by atoms with Crippen molar-refractivity contribution >= 4 is 0 Å². The van der Waals surface area contributed by atoms with Crippen molar-refractivity contribution < 1.29 is 0 Å². The predicted octanol–water partition coefficient (Wildman–Crippen LogP) is 1.57. The number of tetrazole rings is 1. The molecule has 1 atom stereocenters. The zero-order chi connectivity index (χ0) is 13.1. The number of piperidine rings is 1. The van der Waals surface area contributed by atoms with Crippen LogP contribution in [-0.2, 0) is 0 Å². The lowest BCUT2D eigenvalue weighted by molar-refractivity contribution is 0.257. The molecule has 1 fully saturated rings. The van der Waals surface area contributed by atoms with Gasteiger partial charge in [-0.1, -0.05) is 29.8 Å². The molecule has 1 aliphatic rings. The molecular formula is C14H19N5. The molecule has 0 amide bonds. The second kappa shape index (κ2) is 5.48. The summed E-state index contributed by atoms with van der Waals surface area (Å²) in [5, 5.41) is 15.7. The number of aryl methyl sites for hydroxylation is 1. The molecule has 1 aromatic carbocycles. The molecule has 1 N–H and O–H groups in total. The van der Waals surface area contributed by atoms with Crippen LogP contribution in [0.15, 0.2) is 30.6 Å². The zero-order valence-corrected chi connectivity index (χ0v) is 11.2. The summed E-state index contributed by atoms with van der Waals surface area (Å²) >= 11 is 0. The number of hydrogen-bond donors (Lipinski definition) is 1. The standard InChI is InChI=1S/C14H19N5/c1-11-2-4-12(5-3-11)14(19-17-10-16-18-19)13-6-8-15-9-7-13/h2-5,10,13-15H,6-9H2,1H3/t14-/m1/s1. The molecule has 1 aromatic heterocycles. The van der Waals surface area contributed by atoms with Gasteiger partial charge in [0.15, 0.2) is 6.33 Å². The highest BCUT2D eigenvalue weighted by molar-refractivity contribution is 5.25. The van der Waals surface area contributed by atoms with Crippen molar-refractivity contribution in [2.75, 3.05) is 13.1 Å². The first-order valence-corrected chi connectivity index (χ1v) is 6.84. The number of benzene rings is 1. The van der Waals surface area contributed by atoms with E-state index in [1.54, 1.807) is 4.80 Å². The maximum atomic E-state index is 4.26. The van der Waals surface area contributed by atoms with Crippen molar-refractivity contribution in [1.82, 2.24) is 25.5 Å². The summed E-state index contributed by atoms with van der Waals surface area (Å²) in [6.45, 7) is 4.25. The topological polar surface area (TPSA) is 55.6 Å². The van der Waals surface area contributed by atoms with Crippen molar-refractivity contribution in [1.29, 1.82) is 0 Å². The molecule has 2 aromatic rings. The van der Waals surface area contributed by atoms with E-state index in [4.69, 9.17) is 0 Å². The number of rotatable bonds is 3. The predicted molar refractivity (Wildman–Crippen MR) is 72.7 cm³/mol. The monoisotopic (exact) mass is 257 g/mol. The van der Waals surface area contributed by atoms with E-state index in [0.717, 1.165) is 25.9 Å². The second-order valence-corrected chi connectivity index (χ2v) is 5.20. The number of nitrogens with one attached hydrogen (secondary N) is 1. The Balaban J connectivity index is 1.93. The third-order valence-corrected chi connectivity index (χ3v) is 3.86. The molecule has 2 heterocycles. The lowest BCUT2D eigenvalue weighted by Crippen LogP contribution is -2.34. The van der Waals surface area contributed by atoms with Gasteiger partial charge >= 0.3 is 0 Å². The van der Waals surface area contributed by atoms with Crippen LogP contribution in [0.4, 0.5) is 0 Å². The molecule has 1 saturated heterocycles. The molecule has 0 spiro atoms. The lowest BCUT2D eigenvalue weighted by Gasteiger charge is -2.30. The van der Waals surface area contributed by atoms with Gasteiger partial charge in [-0.15, -0.1) is 10.2 Å². The molecule has 0 unspecified atom stereocenters. The van der Waals surface area contributed by atoms with Crippen LogP contribution in [0.3, 0.4) is 0 Å². The molecule has 5 heteroatoms. The molecule has 0 bridgehead atoms. The molecule has 3 rings (SSSR count). The van der Waals surface area contributed by atoms with E-state index < -0.39 is 0 Å². The van der Waals surface area contributed by atoms with Crippen LogP contribution < -0.4 is 5.32 Å². The van der Waals surface area contributed by atoms with Crippen molar-refractivity contribution in [3.05, 3.63) is 41.7 Å². The summed E-state index contributed by atoms with van der Waals surface area (Å²) in [5.41, 5.74) is 2.55. The molecule has 0 radical (unpaired) electrons. The van der Waals surface area contributed by atoms with Crippen LogP contribution in [-0.4, -0.2) is 33.3 Å². The van der Waals surface area contributed by atoms with E-state index in [-0.39, 0.29) is 6.04 Å². The molecule has 0 saturated carbocycles. The highest BCUT2D eigenvalue weighted by Gasteiger charge is 2.27. The zero-order valence-electron chi connectivity index (χ0n) is 11.2. The summed E-state index contributed by atoms with van der Waals surface area (Å²) in [6.07, 6.45) is 3.82. The van der Waals surface area contributed by atoms with Crippen LogP contribution in [0, 0.1) is 12.8 Å². The van der Waals surface area contributed by atoms with Crippen molar-refractivity contribution in [3.8, 4) is 0 Å². The summed E-state index contributed by atoms with van der Waals surface area (Å²) in [5.74, 6) is 0.568. The Bertz CT molecular complexity index is 499. The van der Waals surface area contributed by atoms with Crippen LogP contribution in [0.25, 0.3) is 0 Å². The average Bonchev–Trinajstić information content (AvgIpc) is 2.96. The van der Waals surface area contributed by atoms with Gasteiger partial charge in [-0.25, -0.2) is 0 Å². The minimum atomic E-state index is 0.199. The maximum absolute atomic E-state index is 4.26. The Labute approximate surface area is 113 Å². The lowest BCUT2D eigenvalue weighted by atomic mass is 9.86. The Kier molecular flexibility index (Phi) is 3.55. The van der Waals surface area contributed by atoms with Gasteiger partial charge in [-0.2, -0.15) is 4.80 Å². The van der Waals surface area contributed by atoms with Gasteiger partial charge in [0.2, 0.25) is 0 Å². The van der Waals surface area contributed by atoms with Crippen molar-refractivity contribution in [2.45, 2.75) is 25.8 Å². The minimum Gasteiger partial charge on any atom is -0.317 e. The van der Waals surface area contributed by atoms with E-state index in [1.165, 1.54) is 17.5 Å². The molecule has 0 aliphatic carbocycles. The van der Waals surface area contributed by atoms with E-state index >= 15 is 0 Å². The quantitative estimate of drug-likeness (QED) is 0.907. The minimum absolute atomic E-state index is 0.199. The van der Waals surface area contributed by atoms with E-state index in [1.807, 2.05) is 0 Å². The molecule has 1 aliphatic heterocycles. The normalized spacial score (nSPS) is 18.4. The first-order valence-electron chi connectivity index (χ1n) is 6.84. The largest absolute Gasteiger partial charge is 0.317 e. The Morgan fingerprint density at radius 3 is 2.58 bits per heavy atom. The van der Waals surface area contributed by atoms with E-state index in [0.29, 0.717) is 5.92 Å². The van der Waals surface area contributed by atoms with Crippen LogP contribution in [0.5, 0.6) is 0 Å². The molecule has 5 nitrogen and oxygen atoms in total. The van der Waals surface area contributed by atoms with Crippen LogP contribution in [0.2, 0.25) is 0 Å². The molecule has 100 valence electrons. The van der Waals surface area contributed by atoms with Gasteiger partial charge in [0, 0.05) is 0 Å². The number of nitrogens with zero attached hydrogens (tertiary/aromatic N) is 4. The molecule has 19 heavy (non-hydrogen) atoms. The number of aromatic nitrogens is 4. The summed E-state index contributed by atoms with van der Waals surface area (Å²) in [6, 6.07) is 8.88. The van der Waals surface area contributed by atoms with Gasteiger partial charge in [0.1, 0.15) is 6.04 Å².